The minimum atomic E-state index is -0.133. The summed E-state index contributed by atoms with van der Waals surface area (Å²) < 4.78 is 0. The normalized spacial score (nSPS) is 10.5. The van der Waals surface area contributed by atoms with E-state index in [9.17, 15) is 0 Å². The Kier molecular flexibility index (Phi) is 2.53. The van der Waals surface area contributed by atoms with Gasteiger partial charge < -0.3 is 0 Å². The standard InChI is InChI=1S/C12H13N/c1-4-12(2,3)11-8-6-5-7-10(11)9-13/h4-8H,1H2,2-3H3. The van der Waals surface area contributed by atoms with Crippen LogP contribution in [0.5, 0.6) is 0 Å². The topological polar surface area (TPSA) is 23.8 Å². The highest BCUT2D eigenvalue weighted by Gasteiger charge is 2.18. The van der Waals surface area contributed by atoms with Gasteiger partial charge in [0.1, 0.15) is 0 Å². The molecular formula is C12H13N. The fourth-order valence-electron chi connectivity index (χ4n) is 1.25. The van der Waals surface area contributed by atoms with Crippen LogP contribution in [0.25, 0.3) is 0 Å². The summed E-state index contributed by atoms with van der Waals surface area (Å²) in [6, 6.07) is 9.82. The lowest BCUT2D eigenvalue weighted by molar-refractivity contribution is 0.669. The quantitative estimate of drug-likeness (QED) is 0.627. The molecule has 1 heteroatoms. The van der Waals surface area contributed by atoms with Gasteiger partial charge in [-0.25, -0.2) is 0 Å². The molecule has 0 atom stereocenters. The number of nitrogens with zero attached hydrogens (tertiary/aromatic N) is 1. The Morgan fingerprint density at radius 1 is 1.38 bits per heavy atom. The van der Waals surface area contributed by atoms with Gasteiger partial charge in [-0.2, -0.15) is 5.26 Å². The summed E-state index contributed by atoms with van der Waals surface area (Å²) in [5.74, 6) is 0. The maximum atomic E-state index is 8.89. The fourth-order valence-corrected chi connectivity index (χ4v) is 1.25. The van der Waals surface area contributed by atoms with Gasteiger partial charge >= 0.3 is 0 Å². The average molecular weight is 171 g/mol. The molecule has 1 aromatic rings. The van der Waals surface area contributed by atoms with E-state index < -0.39 is 0 Å². The highest BCUT2D eigenvalue weighted by molar-refractivity contribution is 5.43. The lowest BCUT2D eigenvalue weighted by Gasteiger charge is -2.21. The summed E-state index contributed by atoms with van der Waals surface area (Å²) in [4.78, 5) is 0. The lowest BCUT2D eigenvalue weighted by Crippen LogP contribution is -2.14. The minimum absolute atomic E-state index is 0.133. The first-order valence-corrected chi connectivity index (χ1v) is 4.25. The van der Waals surface area contributed by atoms with Crippen LogP contribution in [0.3, 0.4) is 0 Å². The zero-order valence-electron chi connectivity index (χ0n) is 8.04. The Morgan fingerprint density at radius 2 is 2.00 bits per heavy atom. The van der Waals surface area contributed by atoms with Crippen molar-refractivity contribution >= 4 is 0 Å². The Balaban J connectivity index is 3.30. The molecule has 0 saturated heterocycles. The highest BCUT2D eigenvalue weighted by Crippen LogP contribution is 2.26. The van der Waals surface area contributed by atoms with E-state index in [0.29, 0.717) is 0 Å². The van der Waals surface area contributed by atoms with Gasteiger partial charge in [0.25, 0.3) is 0 Å². The zero-order valence-corrected chi connectivity index (χ0v) is 8.04. The first-order valence-electron chi connectivity index (χ1n) is 4.25. The van der Waals surface area contributed by atoms with Crippen LogP contribution in [-0.2, 0) is 5.41 Å². The number of nitriles is 1. The van der Waals surface area contributed by atoms with Crippen molar-refractivity contribution in [2.75, 3.05) is 0 Å². The Labute approximate surface area is 79.3 Å². The summed E-state index contributed by atoms with van der Waals surface area (Å²) >= 11 is 0. The molecular weight excluding hydrogens is 158 g/mol. The molecule has 0 aliphatic heterocycles. The third-order valence-electron chi connectivity index (χ3n) is 2.25. The highest BCUT2D eigenvalue weighted by atomic mass is 14.3. The van der Waals surface area contributed by atoms with Gasteiger partial charge in [-0.15, -0.1) is 6.58 Å². The fraction of sp³-hybridized carbons (Fsp3) is 0.250. The summed E-state index contributed by atoms with van der Waals surface area (Å²) in [6.07, 6.45) is 1.86. The van der Waals surface area contributed by atoms with Gasteiger partial charge in [-0.1, -0.05) is 38.1 Å². The van der Waals surface area contributed by atoms with Gasteiger partial charge in [-0.05, 0) is 11.6 Å². The molecule has 0 N–H and O–H groups in total. The van der Waals surface area contributed by atoms with Crippen molar-refractivity contribution in [3.05, 3.63) is 48.0 Å². The van der Waals surface area contributed by atoms with E-state index in [0.717, 1.165) is 11.1 Å². The van der Waals surface area contributed by atoms with Gasteiger partial charge in [0.2, 0.25) is 0 Å². The predicted molar refractivity (Wildman–Crippen MR) is 54.4 cm³/mol. The van der Waals surface area contributed by atoms with Crippen LogP contribution in [-0.4, -0.2) is 0 Å². The monoisotopic (exact) mass is 171 g/mol. The molecule has 0 aromatic heterocycles. The largest absolute Gasteiger partial charge is 0.192 e. The second-order valence-electron chi connectivity index (χ2n) is 3.58. The Bertz CT molecular complexity index is 356. The molecule has 1 aromatic carbocycles. The number of allylic oxidation sites excluding steroid dienone is 1. The molecule has 0 spiro atoms. The maximum absolute atomic E-state index is 8.89. The molecule has 0 saturated carbocycles. The Hall–Kier alpha value is -1.55. The van der Waals surface area contributed by atoms with Crippen molar-refractivity contribution in [3.8, 4) is 6.07 Å². The van der Waals surface area contributed by atoms with Crippen LogP contribution in [0, 0.1) is 11.3 Å². The molecule has 66 valence electrons. The minimum Gasteiger partial charge on any atom is -0.192 e. The molecule has 0 unspecified atom stereocenters. The number of benzene rings is 1. The van der Waals surface area contributed by atoms with E-state index in [1.807, 2.05) is 30.3 Å². The van der Waals surface area contributed by atoms with Gasteiger partial charge in [0.15, 0.2) is 0 Å². The van der Waals surface area contributed by atoms with E-state index in [4.69, 9.17) is 5.26 Å². The van der Waals surface area contributed by atoms with Crippen LogP contribution >= 0.6 is 0 Å². The van der Waals surface area contributed by atoms with Crippen LogP contribution in [0.2, 0.25) is 0 Å². The first-order chi connectivity index (χ1) is 6.11. The van der Waals surface area contributed by atoms with E-state index in [-0.39, 0.29) is 5.41 Å². The second-order valence-corrected chi connectivity index (χ2v) is 3.58. The zero-order chi connectivity index (χ0) is 9.90. The molecule has 0 fully saturated rings. The van der Waals surface area contributed by atoms with Crippen LogP contribution in [0.15, 0.2) is 36.9 Å². The first kappa shape index (κ1) is 9.54. The molecule has 0 amide bonds. The lowest BCUT2D eigenvalue weighted by atomic mass is 9.82. The van der Waals surface area contributed by atoms with E-state index in [2.05, 4.69) is 26.5 Å². The molecule has 0 radical (unpaired) electrons. The number of hydrogen-bond acceptors (Lipinski definition) is 1. The summed E-state index contributed by atoms with van der Waals surface area (Å²) in [6.45, 7) is 7.88. The number of hydrogen-bond donors (Lipinski definition) is 0. The molecule has 0 aliphatic rings. The van der Waals surface area contributed by atoms with E-state index >= 15 is 0 Å². The molecule has 0 heterocycles. The van der Waals surface area contributed by atoms with Gasteiger partial charge in [0.05, 0.1) is 11.6 Å². The van der Waals surface area contributed by atoms with E-state index in [1.165, 1.54) is 0 Å². The van der Waals surface area contributed by atoms with Crippen LogP contribution in [0.1, 0.15) is 25.0 Å². The van der Waals surface area contributed by atoms with E-state index in [1.54, 1.807) is 0 Å². The Morgan fingerprint density at radius 3 is 2.54 bits per heavy atom. The van der Waals surface area contributed by atoms with Crippen LogP contribution < -0.4 is 0 Å². The smallest absolute Gasteiger partial charge is 0.0994 e. The van der Waals surface area contributed by atoms with Crippen molar-refractivity contribution in [2.24, 2.45) is 0 Å². The third-order valence-corrected chi connectivity index (χ3v) is 2.25. The molecule has 13 heavy (non-hydrogen) atoms. The SMILES string of the molecule is C=CC(C)(C)c1ccccc1C#N. The number of rotatable bonds is 2. The van der Waals surface area contributed by atoms with Crippen molar-refractivity contribution < 1.29 is 0 Å². The molecule has 0 bridgehead atoms. The maximum Gasteiger partial charge on any atom is 0.0994 e. The molecule has 1 rings (SSSR count). The van der Waals surface area contributed by atoms with Crippen molar-refractivity contribution in [3.63, 3.8) is 0 Å². The molecule has 1 nitrogen and oxygen atoms in total. The van der Waals surface area contributed by atoms with Gasteiger partial charge in [-0.3, -0.25) is 0 Å². The van der Waals surface area contributed by atoms with Gasteiger partial charge in [0, 0.05) is 5.41 Å². The summed E-state index contributed by atoms with van der Waals surface area (Å²) in [5, 5.41) is 8.89. The van der Waals surface area contributed by atoms with Crippen molar-refractivity contribution in [2.45, 2.75) is 19.3 Å². The van der Waals surface area contributed by atoms with Crippen molar-refractivity contribution in [1.29, 1.82) is 5.26 Å². The summed E-state index contributed by atoms with van der Waals surface area (Å²) in [5.41, 5.74) is 1.63. The average Bonchev–Trinajstić information content (AvgIpc) is 2.18. The summed E-state index contributed by atoms with van der Waals surface area (Å²) in [7, 11) is 0. The van der Waals surface area contributed by atoms with Crippen LogP contribution in [0.4, 0.5) is 0 Å². The third kappa shape index (κ3) is 1.78. The second kappa shape index (κ2) is 3.45. The predicted octanol–water partition coefficient (Wildman–Crippen LogP) is 3.02. The van der Waals surface area contributed by atoms with Crippen molar-refractivity contribution in [1.82, 2.24) is 0 Å². The molecule has 0 aliphatic carbocycles.